The number of aryl methyl sites for hydroxylation is 2. The zero-order valence-corrected chi connectivity index (χ0v) is 18.9. The van der Waals surface area contributed by atoms with Gasteiger partial charge < -0.3 is 24.9 Å². The average Bonchev–Trinajstić information content (AvgIpc) is 2.61. The molecular formula is C18H25N3O6PRu+. The molecule has 4 aliphatic rings. The van der Waals surface area contributed by atoms with E-state index in [4.69, 9.17) is 24.9 Å². The Morgan fingerprint density at radius 2 is 1.34 bits per heavy atom. The Morgan fingerprint density at radius 1 is 0.931 bits per heavy atom. The van der Waals surface area contributed by atoms with Crippen LogP contribution in [0, 0.1) is 6.92 Å². The first kappa shape index (κ1) is 25.6. The first-order valence-corrected chi connectivity index (χ1v) is 11.1. The number of carboxylic acid groups (broad SMARTS) is 3. The molecule has 0 unspecified atom stereocenters. The second kappa shape index (κ2) is 12.3. The van der Waals surface area contributed by atoms with Crippen LogP contribution in [0.4, 0.5) is 0 Å². The molecule has 5 rings (SSSR count). The minimum Gasteiger partial charge on any atom is -0.543 e. The molecule has 1 N–H and O–H groups in total. The zero-order valence-electron chi connectivity index (χ0n) is 16.1. The fourth-order valence-electron chi connectivity index (χ4n) is 3.39. The van der Waals surface area contributed by atoms with E-state index in [1.54, 1.807) is 0 Å². The Labute approximate surface area is 183 Å². The molecule has 0 atom stereocenters. The van der Waals surface area contributed by atoms with Gasteiger partial charge in [0.15, 0.2) is 0 Å². The van der Waals surface area contributed by atoms with Crippen molar-refractivity contribution >= 4 is 25.8 Å². The average molecular weight is 511 g/mol. The molecule has 11 heteroatoms. The minimum atomic E-state index is -2.19. The van der Waals surface area contributed by atoms with Gasteiger partial charge in [0.1, 0.15) is 18.9 Å². The molecule has 1 aromatic rings. The smallest absolute Gasteiger partial charge is 0.543 e. The second-order valence-electron chi connectivity index (χ2n) is 7.12. The second-order valence-corrected chi connectivity index (χ2v) is 9.56. The van der Waals surface area contributed by atoms with Crippen molar-refractivity contribution in [3.05, 3.63) is 35.4 Å². The molecule has 1 aromatic carbocycles. The molecule has 4 saturated heterocycles. The molecule has 0 aromatic heterocycles. The fraction of sp³-hybridized carbons (Fsp3) is 0.500. The number of hydrogen-bond donors (Lipinski definition) is 1. The van der Waals surface area contributed by atoms with Crippen LogP contribution in [0.2, 0.25) is 0 Å². The van der Waals surface area contributed by atoms with Gasteiger partial charge in [-0.2, -0.15) is 0 Å². The number of carbonyl (C=O) groups excluding carboxylic acids is 2. The molecule has 0 spiro atoms. The van der Waals surface area contributed by atoms with Crippen molar-refractivity contribution in [1.29, 1.82) is 0 Å². The van der Waals surface area contributed by atoms with E-state index < -0.39 is 17.9 Å². The number of rotatable bonds is 3. The standard InChI is InChI=1S/C10H12O2.C6H12N3P.C2H2O4.Ru/c1-8-2-4-9(5-3-8)6-7-10(11)12;1-7-2-9-3-8(1)5-10(4-7)6-9;3-1(4)2(5)6;/h2-5H,6-7H2,1H3,(H,11,12);1-6H2;(H,3,4)(H,5,6);/q;;;+2/p-1. The summed E-state index contributed by atoms with van der Waals surface area (Å²) in [5, 5.41) is 26.3. The summed E-state index contributed by atoms with van der Waals surface area (Å²) in [5.41, 5.74) is 2.29. The molecule has 0 saturated carbocycles. The summed E-state index contributed by atoms with van der Waals surface area (Å²) < 4.78 is 0. The van der Waals surface area contributed by atoms with E-state index >= 15 is 0 Å². The maximum Gasteiger partial charge on any atom is 2.00 e. The molecule has 4 aliphatic heterocycles. The maximum absolute atomic E-state index is 10.2. The van der Waals surface area contributed by atoms with Gasteiger partial charge in [0.05, 0.1) is 31.9 Å². The van der Waals surface area contributed by atoms with Crippen molar-refractivity contribution in [3.8, 4) is 0 Å². The van der Waals surface area contributed by atoms with Crippen LogP contribution >= 0.6 is 7.92 Å². The van der Waals surface area contributed by atoms with E-state index in [0.29, 0.717) is 6.42 Å². The van der Waals surface area contributed by atoms with Crippen LogP contribution in [0.25, 0.3) is 0 Å². The molecule has 160 valence electrons. The first-order chi connectivity index (χ1) is 13.2. The SMILES string of the molecule is C1N2CN3CN1C[PH+](C2)C3.Cc1ccc(CCC(=O)O)cc1.O=C([O-])C(=O)[O-].[Ru+2]. The van der Waals surface area contributed by atoms with E-state index in [0.717, 1.165) is 5.56 Å². The summed E-state index contributed by atoms with van der Waals surface area (Å²) in [5.74, 6) is -5.11. The third kappa shape index (κ3) is 9.28. The van der Waals surface area contributed by atoms with Gasteiger partial charge in [-0.25, -0.2) is 14.7 Å². The van der Waals surface area contributed by atoms with Gasteiger partial charge in [0.2, 0.25) is 0 Å². The van der Waals surface area contributed by atoms with Crippen molar-refractivity contribution in [2.75, 3.05) is 38.9 Å². The van der Waals surface area contributed by atoms with Crippen molar-refractivity contribution in [2.24, 2.45) is 0 Å². The van der Waals surface area contributed by atoms with Crippen molar-refractivity contribution in [1.82, 2.24) is 14.7 Å². The van der Waals surface area contributed by atoms with E-state index in [1.807, 2.05) is 31.2 Å². The van der Waals surface area contributed by atoms with Crippen LogP contribution in [0.1, 0.15) is 17.5 Å². The van der Waals surface area contributed by atoms with Crippen LogP contribution in [0.3, 0.4) is 0 Å². The maximum atomic E-state index is 10.2. The van der Waals surface area contributed by atoms with Gasteiger partial charge in [-0.1, -0.05) is 29.8 Å². The molecule has 0 aliphatic carbocycles. The molecular weight excluding hydrogens is 486 g/mol. The summed E-state index contributed by atoms with van der Waals surface area (Å²) in [6, 6.07) is 7.94. The van der Waals surface area contributed by atoms with Gasteiger partial charge in [-0.15, -0.1) is 0 Å². The van der Waals surface area contributed by atoms with Crippen LogP contribution in [0.15, 0.2) is 24.3 Å². The Kier molecular flexibility index (Phi) is 10.9. The van der Waals surface area contributed by atoms with Crippen molar-refractivity contribution in [2.45, 2.75) is 19.8 Å². The number of carbonyl (C=O) groups is 3. The number of hydrogen-bond acceptors (Lipinski definition) is 8. The van der Waals surface area contributed by atoms with E-state index in [1.165, 1.54) is 44.4 Å². The predicted octanol–water partition coefficient (Wildman–Crippen LogP) is -1.61. The van der Waals surface area contributed by atoms with Gasteiger partial charge in [0.25, 0.3) is 0 Å². The predicted molar refractivity (Wildman–Crippen MR) is 100 cm³/mol. The molecule has 29 heavy (non-hydrogen) atoms. The monoisotopic (exact) mass is 512 g/mol. The van der Waals surface area contributed by atoms with Gasteiger partial charge in [0, 0.05) is 14.3 Å². The third-order valence-electron chi connectivity index (χ3n) is 4.46. The third-order valence-corrected chi connectivity index (χ3v) is 7.14. The van der Waals surface area contributed by atoms with Gasteiger partial charge >= 0.3 is 25.4 Å². The molecule has 4 heterocycles. The topological polar surface area (TPSA) is 127 Å². The minimum absolute atomic E-state index is 0. The summed E-state index contributed by atoms with van der Waals surface area (Å²) in [6.07, 6.45) is 5.20. The molecule has 4 bridgehead atoms. The summed E-state index contributed by atoms with van der Waals surface area (Å²) in [7, 11) is 0.0297. The summed E-state index contributed by atoms with van der Waals surface area (Å²) in [6.45, 7) is 5.78. The van der Waals surface area contributed by atoms with E-state index in [2.05, 4.69) is 14.7 Å². The Morgan fingerprint density at radius 3 is 1.66 bits per heavy atom. The normalized spacial score (nSPS) is 25.4. The van der Waals surface area contributed by atoms with Crippen molar-refractivity contribution in [3.63, 3.8) is 0 Å². The van der Waals surface area contributed by atoms with Crippen molar-refractivity contribution < 1.29 is 49.2 Å². The van der Waals surface area contributed by atoms with E-state index in [9.17, 15) is 4.79 Å². The van der Waals surface area contributed by atoms with Crippen LogP contribution in [-0.2, 0) is 40.3 Å². The summed E-state index contributed by atoms with van der Waals surface area (Å²) in [4.78, 5) is 35.9. The largest absolute Gasteiger partial charge is 2.00 e. The first-order valence-electron chi connectivity index (χ1n) is 8.93. The Hall–Kier alpha value is -1.44. The molecule has 0 amide bonds. The quantitative estimate of drug-likeness (QED) is 0.290. The summed E-state index contributed by atoms with van der Waals surface area (Å²) >= 11 is 0. The van der Waals surface area contributed by atoms with Crippen LogP contribution in [-0.4, -0.2) is 76.6 Å². The number of benzene rings is 1. The Balaban J connectivity index is 0.000000225. The zero-order chi connectivity index (χ0) is 20.7. The van der Waals surface area contributed by atoms with E-state index in [-0.39, 0.29) is 33.8 Å². The number of carboxylic acids is 3. The molecule has 9 nitrogen and oxygen atoms in total. The van der Waals surface area contributed by atoms with Gasteiger partial charge in [-0.05, 0) is 18.9 Å². The number of nitrogens with zero attached hydrogens (tertiary/aromatic N) is 3. The molecule has 0 radical (unpaired) electrons. The van der Waals surface area contributed by atoms with Gasteiger partial charge in [-0.3, -0.25) is 4.79 Å². The molecule has 4 fully saturated rings. The van der Waals surface area contributed by atoms with Crippen LogP contribution < -0.4 is 10.2 Å². The Bertz CT molecular complexity index is 635. The number of aliphatic carboxylic acids is 3. The van der Waals surface area contributed by atoms with Crippen LogP contribution in [0.5, 0.6) is 0 Å². The fourth-order valence-corrected chi connectivity index (χ4v) is 6.18.